The summed E-state index contributed by atoms with van der Waals surface area (Å²) in [5.41, 5.74) is 1.51. The van der Waals surface area contributed by atoms with E-state index >= 15 is 0 Å². The van der Waals surface area contributed by atoms with E-state index in [0.29, 0.717) is 11.0 Å². The summed E-state index contributed by atoms with van der Waals surface area (Å²) in [6.07, 6.45) is 1.43. The number of hydrogen-bond acceptors (Lipinski definition) is 6. The molecule has 0 radical (unpaired) electrons. The van der Waals surface area contributed by atoms with E-state index in [-0.39, 0.29) is 18.3 Å². The summed E-state index contributed by atoms with van der Waals surface area (Å²) in [5, 5.41) is 6.36. The average Bonchev–Trinajstić information content (AvgIpc) is 2.78. The van der Waals surface area contributed by atoms with Crippen molar-refractivity contribution in [2.45, 2.75) is 66.2 Å². The number of carbonyl (C=O) groups is 1. The molecule has 0 bridgehead atoms. The third-order valence-corrected chi connectivity index (χ3v) is 5.25. The van der Waals surface area contributed by atoms with Gasteiger partial charge in [0.2, 0.25) is 5.95 Å². The van der Waals surface area contributed by atoms with E-state index in [0.717, 1.165) is 29.0 Å². The second kappa shape index (κ2) is 11.5. The molecule has 1 heterocycles. The number of nitrogens with one attached hydrogen (secondary N) is 2. The number of rotatable bonds is 8. The summed E-state index contributed by atoms with van der Waals surface area (Å²) < 4.78 is 12.6. The number of ether oxygens (including phenoxy) is 2. The van der Waals surface area contributed by atoms with Gasteiger partial charge in [0.15, 0.2) is 0 Å². The molecule has 3 aromatic rings. The van der Waals surface area contributed by atoms with Crippen molar-refractivity contribution >= 4 is 35.0 Å². The molecular weight excluding hydrogens is 480 g/mol. The number of anilines is 3. The summed E-state index contributed by atoms with van der Waals surface area (Å²) >= 11 is 6.03. The lowest BCUT2D eigenvalue weighted by Gasteiger charge is -2.20. The molecule has 0 spiro atoms. The molecule has 0 atom stereocenters. The Kier molecular flexibility index (Phi) is 8.63. The minimum Gasteiger partial charge on any atom is -0.491 e. The summed E-state index contributed by atoms with van der Waals surface area (Å²) in [6, 6.07) is 12.9. The highest BCUT2D eigenvalue weighted by Crippen LogP contribution is 2.26. The molecule has 192 valence electrons. The minimum absolute atomic E-state index is 0.0127. The molecule has 0 saturated heterocycles. The molecule has 0 fully saturated rings. The van der Waals surface area contributed by atoms with Crippen molar-refractivity contribution in [3.05, 3.63) is 75.2 Å². The van der Waals surface area contributed by atoms with Gasteiger partial charge in [0.05, 0.1) is 18.8 Å². The Balaban J connectivity index is 1.98. The van der Waals surface area contributed by atoms with Crippen LogP contribution < -0.4 is 20.9 Å². The summed E-state index contributed by atoms with van der Waals surface area (Å²) in [5.74, 6) is 1.14. The predicted octanol–water partition coefficient (Wildman–Crippen LogP) is 6.39. The molecule has 0 aliphatic heterocycles. The summed E-state index contributed by atoms with van der Waals surface area (Å²) in [6.45, 7) is 11.5. The fourth-order valence-electron chi connectivity index (χ4n) is 3.44. The van der Waals surface area contributed by atoms with Gasteiger partial charge in [-0.25, -0.2) is 9.78 Å². The molecule has 1 amide bonds. The number of hydrogen-bond donors (Lipinski definition) is 2. The van der Waals surface area contributed by atoms with Crippen LogP contribution in [0.2, 0.25) is 5.02 Å². The fourth-order valence-corrected chi connectivity index (χ4v) is 3.57. The number of aromatic nitrogens is 2. The number of carbonyl (C=O) groups excluding carboxylic acids is 1. The fraction of sp³-hybridized carbons (Fsp3) is 0.370. The van der Waals surface area contributed by atoms with Gasteiger partial charge < -0.3 is 14.8 Å². The molecule has 1 aromatic heterocycles. The quantitative estimate of drug-likeness (QED) is 0.363. The number of nitrogens with zero attached hydrogens (tertiary/aromatic N) is 2. The molecule has 2 aromatic carbocycles. The maximum Gasteiger partial charge on any atom is 0.412 e. The smallest absolute Gasteiger partial charge is 0.412 e. The lowest BCUT2D eigenvalue weighted by atomic mass is 10.1. The van der Waals surface area contributed by atoms with Crippen molar-refractivity contribution in [3.8, 4) is 5.75 Å². The van der Waals surface area contributed by atoms with E-state index in [4.69, 9.17) is 21.1 Å². The topological polar surface area (TPSA) is 94.5 Å². The van der Waals surface area contributed by atoms with Crippen LogP contribution in [0, 0.1) is 0 Å². The lowest BCUT2D eigenvalue weighted by molar-refractivity contribution is 0.0635. The van der Waals surface area contributed by atoms with Crippen LogP contribution in [0.15, 0.2) is 53.5 Å². The van der Waals surface area contributed by atoms with Crippen molar-refractivity contribution in [2.24, 2.45) is 0 Å². The molecule has 3 rings (SSSR count). The van der Waals surface area contributed by atoms with Crippen molar-refractivity contribution < 1.29 is 14.3 Å². The van der Waals surface area contributed by atoms with Crippen LogP contribution in [-0.2, 0) is 17.7 Å². The number of amides is 1. The van der Waals surface area contributed by atoms with Gasteiger partial charge >= 0.3 is 6.09 Å². The van der Waals surface area contributed by atoms with Crippen LogP contribution in [-0.4, -0.2) is 27.3 Å². The Hall–Kier alpha value is -3.52. The molecular formula is C27H33ClN4O4. The molecule has 2 N–H and O–H groups in total. The molecule has 36 heavy (non-hydrogen) atoms. The van der Waals surface area contributed by atoms with E-state index in [2.05, 4.69) is 22.5 Å². The van der Waals surface area contributed by atoms with E-state index in [1.165, 1.54) is 10.8 Å². The summed E-state index contributed by atoms with van der Waals surface area (Å²) in [7, 11) is 0. The van der Waals surface area contributed by atoms with Crippen molar-refractivity contribution in [2.75, 3.05) is 10.6 Å². The first-order valence-corrected chi connectivity index (χ1v) is 12.2. The second-order valence-corrected chi connectivity index (χ2v) is 10.0. The van der Waals surface area contributed by atoms with Gasteiger partial charge in [0, 0.05) is 10.7 Å². The molecule has 0 aliphatic rings. The van der Waals surface area contributed by atoms with Crippen molar-refractivity contribution in [1.29, 1.82) is 0 Å². The van der Waals surface area contributed by atoms with Crippen LogP contribution in [0.3, 0.4) is 0 Å². The maximum absolute atomic E-state index is 13.4. The number of benzene rings is 2. The standard InChI is InChI=1S/C27H33ClN4O4/c1-7-19-14-21(12-13-23(19)35-17(2)3)30-25-29-15-22(31-26(34)36-27(4,5)6)24(33)32(25)16-18-8-10-20(28)11-9-18/h8-15,17H,7,16H2,1-6H3,(H,29,30)(H,31,34). The maximum atomic E-state index is 13.4. The van der Waals surface area contributed by atoms with Crippen LogP contribution in [0.5, 0.6) is 5.75 Å². The van der Waals surface area contributed by atoms with Crippen LogP contribution >= 0.6 is 11.6 Å². The third-order valence-electron chi connectivity index (χ3n) is 5.00. The molecule has 8 nitrogen and oxygen atoms in total. The van der Waals surface area contributed by atoms with Gasteiger partial charge in [0.25, 0.3) is 5.56 Å². The lowest BCUT2D eigenvalue weighted by Crippen LogP contribution is -2.32. The van der Waals surface area contributed by atoms with E-state index in [1.54, 1.807) is 32.9 Å². The van der Waals surface area contributed by atoms with Gasteiger partial charge in [-0.3, -0.25) is 14.7 Å². The summed E-state index contributed by atoms with van der Waals surface area (Å²) in [4.78, 5) is 30.2. The molecule has 9 heteroatoms. The van der Waals surface area contributed by atoms with Crippen molar-refractivity contribution in [1.82, 2.24) is 9.55 Å². The van der Waals surface area contributed by atoms with Crippen LogP contribution in [0.25, 0.3) is 0 Å². The van der Waals surface area contributed by atoms with Gasteiger partial charge in [0.1, 0.15) is 17.0 Å². The third kappa shape index (κ3) is 7.49. The molecule has 0 saturated carbocycles. The molecule has 0 aliphatic carbocycles. The normalized spacial score (nSPS) is 11.3. The highest BCUT2D eigenvalue weighted by molar-refractivity contribution is 6.30. The average molecular weight is 513 g/mol. The zero-order valence-electron chi connectivity index (χ0n) is 21.5. The number of aryl methyl sites for hydroxylation is 1. The van der Waals surface area contributed by atoms with Gasteiger partial charge in [-0.05, 0) is 82.5 Å². The van der Waals surface area contributed by atoms with Gasteiger partial charge in [-0.2, -0.15) is 0 Å². The SMILES string of the molecule is CCc1cc(Nc2ncc(NC(=O)OC(C)(C)C)c(=O)n2Cc2ccc(Cl)cc2)ccc1OC(C)C. The Labute approximate surface area is 216 Å². The van der Waals surface area contributed by atoms with E-state index in [9.17, 15) is 9.59 Å². The predicted molar refractivity (Wildman–Crippen MR) is 144 cm³/mol. The van der Waals surface area contributed by atoms with Gasteiger partial charge in [-0.1, -0.05) is 30.7 Å². The first-order valence-electron chi connectivity index (χ1n) is 11.9. The van der Waals surface area contributed by atoms with E-state index in [1.807, 2.05) is 44.2 Å². The zero-order chi connectivity index (χ0) is 26.5. The Morgan fingerprint density at radius 3 is 2.44 bits per heavy atom. The minimum atomic E-state index is -0.728. The van der Waals surface area contributed by atoms with Crippen LogP contribution in [0.4, 0.5) is 22.1 Å². The highest BCUT2D eigenvalue weighted by Gasteiger charge is 2.19. The largest absolute Gasteiger partial charge is 0.491 e. The Morgan fingerprint density at radius 1 is 1.14 bits per heavy atom. The van der Waals surface area contributed by atoms with Gasteiger partial charge in [-0.15, -0.1) is 0 Å². The van der Waals surface area contributed by atoms with E-state index < -0.39 is 17.3 Å². The zero-order valence-corrected chi connectivity index (χ0v) is 22.3. The first-order chi connectivity index (χ1) is 16.9. The highest BCUT2D eigenvalue weighted by atomic mass is 35.5. The monoisotopic (exact) mass is 512 g/mol. The molecule has 0 unspecified atom stereocenters. The Morgan fingerprint density at radius 2 is 1.83 bits per heavy atom. The number of halogens is 1. The Bertz CT molecular complexity index is 1260. The van der Waals surface area contributed by atoms with Crippen LogP contribution in [0.1, 0.15) is 52.7 Å². The van der Waals surface area contributed by atoms with Crippen molar-refractivity contribution in [3.63, 3.8) is 0 Å². The first kappa shape index (κ1) is 27.1. The second-order valence-electron chi connectivity index (χ2n) is 9.61.